The van der Waals surface area contributed by atoms with Crippen molar-refractivity contribution in [3.8, 4) is 0 Å². The van der Waals surface area contributed by atoms with Crippen LogP contribution in [0.1, 0.15) is 32.6 Å². The van der Waals surface area contributed by atoms with Crippen LogP contribution in [0.15, 0.2) is 23.2 Å². The number of nitrogens with two attached hydrogens (primary N) is 1. The van der Waals surface area contributed by atoms with Gasteiger partial charge >= 0.3 is 0 Å². The summed E-state index contributed by atoms with van der Waals surface area (Å²) in [6.45, 7) is 2.65. The van der Waals surface area contributed by atoms with Crippen LogP contribution in [0.5, 0.6) is 0 Å². The fourth-order valence-corrected chi connectivity index (χ4v) is 3.75. The van der Waals surface area contributed by atoms with Crippen LogP contribution >= 0.6 is 0 Å². The number of anilines is 1. The van der Waals surface area contributed by atoms with Gasteiger partial charge in [0.1, 0.15) is 10.7 Å². The predicted molar refractivity (Wildman–Crippen MR) is 80.4 cm³/mol. The lowest BCUT2D eigenvalue weighted by Crippen LogP contribution is -2.52. The van der Waals surface area contributed by atoms with E-state index in [1.165, 1.54) is 12.7 Å². The average molecular weight is 297 g/mol. The smallest absolute Gasteiger partial charge is 0.179 e. The van der Waals surface area contributed by atoms with Crippen molar-refractivity contribution in [2.45, 2.75) is 43.0 Å². The third-order valence-corrected chi connectivity index (χ3v) is 5.48. The molecule has 1 aromatic heterocycles. The van der Waals surface area contributed by atoms with Gasteiger partial charge in [-0.1, -0.05) is 19.8 Å². The first-order valence-electron chi connectivity index (χ1n) is 7.02. The first kappa shape index (κ1) is 15.3. The summed E-state index contributed by atoms with van der Waals surface area (Å²) in [6, 6.07) is 3.23. The van der Waals surface area contributed by atoms with Crippen LogP contribution in [0.25, 0.3) is 0 Å². The van der Waals surface area contributed by atoms with Crippen LogP contribution in [-0.4, -0.2) is 31.7 Å². The number of sulfone groups is 1. The van der Waals surface area contributed by atoms with Crippen molar-refractivity contribution >= 4 is 15.7 Å². The summed E-state index contributed by atoms with van der Waals surface area (Å²) < 4.78 is 23.7. The lowest BCUT2D eigenvalue weighted by atomic mass is 9.73. The molecule has 1 aliphatic carbocycles. The molecule has 20 heavy (non-hydrogen) atoms. The minimum Gasteiger partial charge on any atom is -0.362 e. The summed E-state index contributed by atoms with van der Waals surface area (Å²) in [4.78, 5) is 4.46. The zero-order chi connectivity index (χ0) is 14.8. The summed E-state index contributed by atoms with van der Waals surface area (Å²) in [6.07, 6.45) is 7.17. The Kier molecular flexibility index (Phi) is 4.34. The van der Waals surface area contributed by atoms with Crippen molar-refractivity contribution in [2.75, 3.05) is 18.1 Å². The average Bonchev–Trinajstić information content (AvgIpc) is 2.41. The minimum atomic E-state index is -3.30. The maximum Gasteiger partial charge on any atom is 0.179 e. The molecule has 0 saturated heterocycles. The maximum atomic E-state index is 11.9. The fraction of sp³-hybridized carbons (Fsp3) is 0.643. The third-order valence-electron chi connectivity index (χ3n) is 4.36. The summed E-state index contributed by atoms with van der Waals surface area (Å²) in [7, 11) is -3.30. The van der Waals surface area contributed by atoms with E-state index in [0.29, 0.717) is 18.3 Å². The van der Waals surface area contributed by atoms with Gasteiger partial charge in [-0.25, -0.2) is 13.4 Å². The molecule has 3 N–H and O–H groups in total. The van der Waals surface area contributed by atoms with Crippen molar-refractivity contribution in [2.24, 2.45) is 11.7 Å². The lowest BCUT2D eigenvalue weighted by molar-refractivity contribution is 0.234. The van der Waals surface area contributed by atoms with Gasteiger partial charge < -0.3 is 11.1 Å². The first-order chi connectivity index (χ1) is 9.39. The van der Waals surface area contributed by atoms with Gasteiger partial charge in [-0.2, -0.15) is 0 Å². The molecule has 0 radical (unpaired) electrons. The second-order valence-corrected chi connectivity index (χ2v) is 7.74. The largest absolute Gasteiger partial charge is 0.362 e. The van der Waals surface area contributed by atoms with Crippen LogP contribution in [-0.2, 0) is 9.84 Å². The Hall–Kier alpha value is -1.14. The quantitative estimate of drug-likeness (QED) is 0.885. The molecule has 1 fully saturated rings. The second-order valence-electron chi connectivity index (χ2n) is 5.75. The molecule has 2 atom stereocenters. The summed E-state index contributed by atoms with van der Waals surface area (Å²) in [5, 5.41) is 3.35. The van der Waals surface area contributed by atoms with E-state index in [1.807, 2.05) is 0 Å². The number of nitrogens with one attached hydrogen (secondary N) is 1. The molecule has 1 heterocycles. The Morgan fingerprint density at radius 2 is 2.25 bits per heavy atom. The zero-order valence-electron chi connectivity index (χ0n) is 12.1. The van der Waals surface area contributed by atoms with Crippen molar-refractivity contribution in [3.63, 3.8) is 0 Å². The monoisotopic (exact) mass is 297 g/mol. The number of aromatic nitrogens is 1. The minimum absolute atomic E-state index is 0.241. The SMILES string of the molecule is CC1CCCCC1(CN)Nc1ncccc1S(C)(=O)=O. The molecule has 2 unspecified atom stereocenters. The van der Waals surface area contributed by atoms with Crippen molar-refractivity contribution in [1.29, 1.82) is 0 Å². The Balaban J connectivity index is 2.38. The molecule has 1 saturated carbocycles. The van der Waals surface area contributed by atoms with Crippen LogP contribution < -0.4 is 11.1 Å². The Bertz CT molecular complexity index is 574. The van der Waals surface area contributed by atoms with Gasteiger partial charge in [0.2, 0.25) is 0 Å². The molecular formula is C14H23N3O2S. The molecule has 0 aliphatic heterocycles. The lowest BCUT2D eigenvalue weighted by Gasteiger charge is -2.43. The van der Waals surface area contributed by atoms with E-state index >= 15 is 0 Å². The van der Waals surface area contributed by atoms with E-state index in [0.717, 1.165) is 19.3 Å². The highest BCUT2D eigenvalue weighted by Crippen LogP contribution is 2.36. The van der Waals surface area contributed by atoms with Gasteiger partial charge in [-0.15, -0.1) is 0 Å². The van der Waals surface area contributed by atoms with Crippen LogP contribution in [0.3, 0.4) is 0 Å². The van der Waals surface area contributed by atoms with Gasteiger partial charge in [0, 0.05) is 19.0 Å². The molecule has 0 bridgehead atoms. The van der Waals surface area contributed by atoms with Crippen LogP contribution in [0.2, 0.25) is 0 Å². The van der Waals surface area contributed by atoms with Gasteiger partial charge in [-0.3, -0.25) is 0 Å². The zero-order valence-corrected chi connectivity index (χ0v) is 12.9. The highest BCUT2D eigenvalue weighted by Gasteiger charge is 2.38. The second kappa shape index (κ2) is 5.69. The fourth-order valence-electron chi connectivity index (χ4n) is 2.97. The Morgan fingerprint density at radius 1 is 1.50 bits per heavy atom. The molecule has 2 rings (SSSR count). The number of nitrogens with zero attached hydrogens (tertiary/aromatic N) is 1. The summed E-state index contributed by atoms with van der Waals surface area (Å²) >= 11 is 0. The Morgan fingerprint density at radius 3 is 2.85 bits per heavy atom. The van der Waals surface area contributed by atoms with Gasteiger partial charge in [-0.05, 0) is 30.9 Å². The molecule has 5 nitrogen and oxygen atoms in total. The number of hydrogen-bond donors (Lipinski definition) is 2. The normalized spacial score (nSPS) is 27.2. The van der Waals surface area contributed by atoms with Gasteiger partial charge in [0.05, 0.1) is 5.54 Å². The predicted octanol–water partition coefficient (Wildman–Crippen LogP) is 1.80. The highest BCUT2D eigenvalue weighted by atomic mass is 32.2. The van der Waals surface area contributed by atoms with Gasteiger partial charge in [0.15, 0.2) is 9.84 Å². The van der Waals surface area contributed by atoms with Crippen molar-refractivity contribution in [3.05, 3.63) is 18.3 Å². The summed E-state index contributed by atoms with van der Waals surface area (Å²) in [5.74, 6) is 0.824. The standard InChI is InChI=1S/C14H23N3O2S/c1-11-6-3-4-8-14(11,10-15)17-13-12(20(2,18)19)7-5-9-16-13/h5,7,9,11H,3-4,6,8,10,15H2,1-2H3,(H,16,17). The topological polar surface area (TPSA) is 85.1 Å². The van der Waals surface area contributed by atoms with E-state index < -0.39 is 9.84 Å². The number of hydrogen-bond acceptors (Lipinski definition) is 5. The first-order valence-corrected chi connectivity index (χ1v) is 8.91. The maximum absolute atomic E-state index is 11.9. The molecule has 0 spiro atoms. The third kappa shape index (κ3) is 2.96. The molecule has 0 amide bonds. The number of pyridine rings is 1. The van der Waals surface area contributed by atoms with E-state index in [-0.39, 0.29) is 10.4 Å². The van der Waals surface area contributed by atoms with E-state index in [9.17, 15) is 8.42 Å². The molecule has 0 aromatic carbocycles. The van der Waals surface area contributed by atoms with E-state index in [2.05, 4.69) is 17.2 Å². The van der Waals surface area contributed by atoms with Crippen molar-refractivity contribution < 1.29 is 8.42 Å². The van der Waals surface area contributed by atoms with Crippen molar-refractivity contribution in [1.82, 2.24) is 4.98 Å². The number of rotatable bonds is 4. The molecule has 112 valence electrons. The van der Waals surface area contributed by atoms with Crippen LogP contribution in [0, 0.1) is 5.92 Å². The Labute approximate surface area is 120 Å². The molecule has 1 aliphatic rings. The van der Waals surface area contributed by atoms with Crippen LogP contribution in [0.4, 0.5) is 5.82 Å². The van der Waals surface area contributed by atoms with Gasteiger partial charge in [0.25, 0.3) is 0 Å². The van der Waals surface area contributed by atoms with E-state index in [4.69, 9.17) is 5.73 Å². The molecule has 1 aromatic rings. The molecular weight excluding hydrogens is 274 g/mol. The molecule has 6 heteroatoms. The highest BCUT2D eigenvalue weighted by molar-refractivity contribution is 7.90. The van der Waals surface area contributed by atoms with E-state index in [1.54, 1.807) is 18.3 Å². The summed E-state index contributed by atoms with van der Waals surface area (Å²) in [5.41, 5.74) is 5.74.